The Balaban J connectivity index is 1.90. The minimum atomic E-state index is -0.360. The van der Waals surface area contributed by atoms with Crippen molar-refractivity contribution in [3.05, 3.63) is 29.3 Å². The lowest BCUT2D eigenvalue weighted by atomic mass is 10.1. The van der Waals surface area contributed by atoms with Crippen molar-refractivity contribution in [2.45, 2.75) is 12.6 Å². The number of ether oxygens (including phenoxy) is 5. The third kappa shape index (κ3) is 2.22. The summed E-state index contributed by atoms with van der Waals surface area (Å²) < 4.78 is 27.3. The summed E-state index contributed by atoms with van der Waals surface area (Å²) in [6.07, 6.45) is -0.655. The van der Waals surface area contributed by atoms with Gasteiger partial charge in [-0.05, 0) is 12.1 Å². The lowest BCUT2D eigenvalue weighted by molar-refractivity contribution is -0.0501. The van der Waals surface area contributed by atoms with Crippen LogP contribution in [0.3, 0.4) is 0 Å². The normalized spacial score (nSPS) is 21.6. The van der Waals surface area contributed by atoms with Gasteiger partial charge in [0.25, 0.3) is 0 Å². The second-order valence-corrected chi connectivity index (χ2v) is 4.15. The lowest BCUT2D eigenvalue weighted by Crippen LogP contribution is -2.05. The van der Waals surface area contributed by atoms with Crippen LogP contribution < -0.4 is 4.74 Å². The fourth-order valence-electron chi connectivity index (χ4n) is 2.17. The minimum Gasteiger partial charge on any atom is -0.496 e. The SMILES string of the molecule is COc1ccc(C2OCCO2)cc1C1OCCO1. The molecule has 0 atom stereocenters. The van der Waals surface area contributed by atoms with Gasteiger partial charge in [0.15, 0.2) is 12.6 Å². The van der Waals surface area contributed by atoms with E-state index < -0.39 is 0 Å². The predicted octanol–water partition coefficient (Wildman–Crippen LogP) is 1.79. The summed E-state index contributed by atoms with van der Waals surface area (Å²) in [5, 5.41) is 0. The first-order valence-electron chi connectivity index (χ1n) is 6.03. The third-order valence-electron chi connectivity index (χ3n) is 3.02. The Morgan fingerprint density at radius 1 is 0.944 bits per heavy atom. The van der Waals surface area contributed by atoms with E-state index >= 15 is 0 Å². The molecule has 0 unspecified atom stereocenters. The van der Waals surface area contributed by atoms with Crippen molar-refractivity contribution in [3.8, 4) is 5.75 Å². The summed E-state index contributed by atoms with van der Waals surface area (Å²) >= 11 is 0. The maximum atomic E-state index is 5.52. The second-order valence-electron chi connectivity index (χ2n) is 4.15. The molecule has 5 nitrogen and oxygen atoms in total. The molecule has 5 heteroatoms. The van der Waals surface area contributed by atoms with Crippen molar-refractivity contribution in [1.29, 1.82) is 0 Å². The molecule has 98 valence electrons. The fraction of sp³-hybridized carbons (Fsp3) is 0.538. The number of benzene rings is 1. The molecule has 2 fully saturated rings. The zero-order chi connectivity index (χ0) is 12.4. The first-order chi connectivity index (χ1) is 8.88. The summed E-state index contributed by atoms with van der Waals surface area (Å²) in [5.41, 5.74) is 1.84. The lowest BCUT2D eigenvalue weighted by Gasteiger charge is -2.17. The third-order valence-corrected chi connectivity index (χ3v) is 3.02. The molecule has 3 rings (SSSR count). The quantitative estimate of drug-likeness (QED) is 0.820. The molecule has 2 heterocycles. The molecule has 0 saturated carbocycles. The number of methoxy groups -OCH3 is 1. The first kappa shape index (κ1) is 11.9. The fourth-order valence-corrected chi connectivity index (χ4v) is 2.17. The van der Waals surface area contributed by atoms with Gasteiger partial charge in [-0.15, -0.1) is 0 Å². The molecular weight excluding hydrogens is 236 g/mol. The summed E-state index contributed by atoms with van der Waals surface area (Å²) in [4.78, 5) is 0. The Bertz CT molecular complexity index is 408. The van der Waals surface area contributed by atoms with Crippen LogP contribution in [0.1, 0.15) is 23.7 Å². The molecule has 2 aliphatic rings. The highest BCUT2D eigenvalue weighted by Gasteiger charge is 2.25. The monoisotopic (exact) mass is 252 g/mol. The molecule has 18 heavy (non-hydrogen) atoms. The highest BCUT2D eigenvalue weighted by molar-refractivity contribution is 5.39. The van der Waals surface area contributed by atoms with Crippen LogP contribution >= 0.6 is 0 Å². The van der Waals surface area contributed by atoms with Crippen LogP contribution in [-0.2, 0) is 18.9 Å². The van der Waals surface area contributed by atoms with Gasteiger partial charge in [0, 0.05) is 5.56 Å². The molecule has 1 aromatic rings. The van der Waals surface area contributed by atoms with Gasteiger partial charge in [-0.3, -0.25) is 0 Å². The van der Waals surface area contributed by atoms with Gasteiger partial charge in [-0.1, -0.05) is 6.07 Å². The number of rotatable bonds is 3. The highest BCUT2D eigenvalue weighted by Crippen LogP contribution is 2.34. The van der Waals surface area contributed by atoms with Crippen molar-refractivity contribution in [2.24, 2.45) is 0 Å². The maximum absolute atomic E-state index is 5.52. The second kappa shape index (κ2) is 5.24. The van der Waals surface area contributed by atoms with Crippen molar-refractivity contribution >= 4 is 0 Å². The number of hydrogen-bond acceptors (Lipinski definition) is 5. The summed E-state index contributed by atoms with van der Waals surface area (Å²) in [5.74, 6) is 0.753. The van der Waals surface area contributed by atoms with Gasteiger partial charge < -0.3 is 23.7 Å². The molecule has 0 radical (unpaired) electrons. The van der Waals surface area contributed by atoms with Crippen LogP contribution in [0, 0.1) is 0 Å². The van der Waals surface area contributed by atoms with Gasteiger partial charge in [0.1, 0.15) is 5.75 Å². The Morgan fingerprint density at radius 2 is 1.56 bits per heavy atom. The summed E-state index contributed by atoms with van der Waals surface area (Å²) in [6.45, 7) is 2.47. The van der Waals surface area contributed by atoms with Crippen molar-refractivity contribution < 1.29 is 23.7 Å². The van der Waals surface area contributed by atoms with Crippen molar-refractivity contribution in [3.63, 3.8) is 0 Å². The standard InChI is InChI=1S/C13H16O5/c1-14-11-3-2-9(12-15-4-5-16-12)8-10(11)13-17-6-7-18-13/h2-3,8,12-13H,4-7H2,1H3. The molecule has 0 bridgehead atoms. The van der Waals surface area contributed by atoms with Crippen molar-refractivity contribution in [1.82, 2.24) is 0 Å². The van der Waals surface area contributed by atoms with Crippen LogP contribution in [0.25, 0.3) is 0 Å². The Morgan fingerprint density at radius 3 is 2.17 bits per heavy atom. The van der Waals surface area contributed by atoms with Gasteiger partial charge in [-0.2, -0.15) is 0 Å². The molecule has 2 aliphatic heterocycles. The van der Waals surface area contributed by atoms with E-state index in [9.17, 15) is 0 Å². The van der Waals surface area contributed by atoms with E-state index in [1.54, 1.807) is 7.11 Å². The molecule has 1 aromatic carbocycles. The molecule has 2 saturated heterocycles. The molecule has 0 aromatic heterocycles. The topological polar surface area (TPSA) is 46.2 Å². The zero-order valence-corrected chi connectivity index (χ0v) is 10.3. The average Bonchev–Trinajstić information content (AvgIpc) is 3.11. The maximum Gasteiger partial charge on any atom is 0.187 e. The van der Waals surface area contributed by atoms with E-state index in [1.807, 2.05) is 18.2 Å². The van der Waals surface area contributed by atoms with E-state index in [0.717, 1.165) is 16.9 Å². The van der Waals surface area contributed by atoms with E-state index in [1.165, 1.54) is 0 Å². The highest BCUT2D eigenvalue weighted by atomic mass is 16.7. The van der Waals surface area contributed by atoms with Gasteiger partial charge in [0.2, 0.25) is 0 Å². The van der Waals surface area contributed by atoms with Crippen LogP contribution in [-0.4, -0.2) is 33.5 Å². The zero-order valence-electron chi connectivity index (χ0n) is 10.3. The average molecular weight is 252 g/mol. The summed E-state index contributed by atoms with van der Waals surface area (Å²) in [7, 11) is 1.63. The Labute approximate surface area is 106 Å². The smallest absolute Gasteiger partial charge is 0.187 e. The molecule has 0 amide bonds. The Hall–Kier alpha value is -1.14. The van der Waals surface area contributed by atoms with Gasteiger partial charge in [-0.25, -0.2) is 0 Å². The van der Waals surface area contributed by atoms with Crippen LogP contribution in [0.2, 0.25) is 0 Å². The van der Waals surface area contributed by atoms with E-state index in [0.29, 0.717) is 26.4 Å². The number of hydrogen-bond donors (Lipinski definition) is 0. The Kier molecular flexibility index (Phi) is 3.47. The van der Waals surface area contributed by atoms with E-state index in [-0.39, 0.29) is 12.6 Å². The predicted molar refractivity (Wildman–Crippen MR) is 62.3 cm³/mol. The van der Waals surface area contributed by atoms with Gasteiger partial charge >= 0.3 is 0 Å². The largest absolute Gasteiger partial charge is 0.496 e. The minimum absolute atomic E-state index is 0.295. The molecule has 0 N–H and O–H groups in total. The summed E-state index contributed by atoms with van der Waals surface area (Å²) in [6, 6.07) is 5.79. The van der Waals surface area contributed by atoms with Crippen LogP contribution in [0.5, 0.6) is 5.75 Å². The first-order valence-corrected chi connectivity index (χ1v) is 6.03. The van der Waals surface area contributed by atoms with E-state index in [2.05, 4.69) is 0 Å². The van der Waals surface area contributed by atoms with Gasteiger partial charge in [0.05, 0.1) is 39.1 Å². The molecule has 0 aliphatic carbocycles. The molecule has 0 spiro atoms. The molecular formula is C13H16O5. The van der Waals surface area contributed by atoms with Crippen LogP contribution in [0.4, 0.5) is 0 Å². The van der Waals surface area contributed by atoms with Crippen molar-refractivity contribution in [2.75, 3.05) is 33.5 Å². The van der Waals surface area contributed by atoms with E-state index in [4.69, 9.17) is 23.7 Å². The van der Waals surface area contributed by atoms with Crippen LogP contribution in [0.15, 0.2) is 18.2 Å².